The molecule has 3 rings (SSSR count). The van der Waals surface area contributed by atoms with Crippen molar-refractivity contribution in [2.75, 3.05) is 24.7 Å². The van der Waals surface area contributed by atoms with Crippen LogP contribution < -0.4 is 19.7 Å². The Morgan fingerprint density at radius 1 is 1.14 bits per heavy atom. The number of halogens is 1. The Kier molecular flexibility index (Phi) is 8.98. The number of carboxylic acids is 1. The Morgan fingerprint density at radius 3 is 2.56 bits per heavy atom. The molecular weight excluding hydrogens is 603 g/mol. The summed E-state index contributed by atoms with van der Waals surface area (Å²) in [7, 11) is 0. The monoisotopic (exact) mass is 624 g/mol. The van der Waals surface area contributed by atoms with Crippen LogP contribution in [0.15, 0.2) is 42.0 Å². The summed E-state index contributed by atoms with van der Waals surface area (Å²) in [4.78, 5) is 50.1. The van der Waals surface area contributed by atoms with Gasteiger partial charge < -0.3 is 19.3 Å². The van der Waals surface area contributed by atoms with E-state index in [1.807, 2.05) is 22.6 Å². The number of anilines is 1. The molecule has 12 heteroatoms. The summed E-state index contributed by atoms with van der Waals surface area (Å²) in [6, 6.07) is 8.87. The van der Waals surface area contributed by atoms with Crippen LogP contribution in [0.2, 0.25) is 0 Å². The fraction of sp³-hybridized carbons (Fsp3) is 0.208. The molecule has 0 aromatic heterocycles. The maximum atomic E-state index is 13.3. The maximum Gasteiger partial charge on any atom is 0.344 e. The van der Waals surface area contributed by atoms with Gasteiger partial charge in [-0.05, 0) is 90.6 Å². The average molecular weight is 624 g/mol. The molecule has 0 unspecified atom stereocenters. The van der Waals surface area contributed by atoms with Gasteiger partial charge in [-0.2, -0.15) is 0 Å². The molecule has 0 radical (unpaired) electrons. The van der Waals surface area contributed by atoms with Crippen LogP contribution in [0.4, 0.5) is 5.69 Å². The third-order valence-corrected chi connectivity index (χ3v) is 5.82. The van der Waals surface area contributed by atoms with E-state index in [1.165, 1.54) is 30.3 Å². The van der Waals surface area contributed by atoms with Gasteiger partial charge >= 0.3 is 11.9 Å². The molecular formula is C24H21IN2O8S. The van der Waals surface area contributed by atoms with Gasteiger partial charge in [0.05, 0.1) is 28.0 Å². The first-order valence-electron chi connectivity index (χ1n) is 10.7. The number of carbonyl (C=O) groups excluding carboxylic acids is 3. The minimum atomic E-state index is -1.17. The fourth-order valence-electron chi connectivity index (χ4n) is 3.24. The fourth-order valence-corrected chi connectivity index (χ4v) is 4.31. The lowest BCUT2D eigenvalue weighted by Gasteiger charge is -2.29. The highest BCUT2D eigenvalue weighted by Gasteiger charge is 2.35. The quantitative estimate of drug-likeness (QED) is 0.142. The van der Waals surface area contributed by atoms with Crippen molar-refractivity contribution in [1.29, 1.82) is 0 Å². The Labute approximate surface area is 225 Å². The van der Waals surface area contributed by atoms with Gasteiger partial charge in [0.15, 0.2) is 23.2 Å². The maximum absolute atomic E-state index is 13.3. The second kappa shape index (κ2) is 11.9. The van der Waals surface area contributed by atoms with E-state index in [0.717, 1.165) is 4.90 Å². The molecule has 36 heavy (non-hydrogen) atoms. The molecule has 0 aliphatic carbocycles. The summed E-state index contributed by atoms with van der Waals surface area (Å²) in [5.41, 5.74) is 0.391. The molecule has 2 aromatic rings. The number of hydrogen-bond donors (Lipinski definition) is 2. The van der Waals surface area contributed by atoms with E-state index in [4.69, 9.17) is 26.4 Å². The van der Waals surface area contributed by atoms with Crippen molar-refractivity contribution in [1.82, 2.24) is 5.32 Å². The third-order valence-electron chi connectivity index (χ3n) is 4.74. The van der Waals surface area contributed by atoms with Crippen molar-refractivity contribution >= 4 is 75.4 Å². The summed E-state index contributed by atoms with van der Waals surface area (Å²) >= 11 is 7.17. The smallest absolute Gasteiger partial charge is 0.344 e. The largest absolute Gasteiger partial charge is 0.490 e. The molecule has 188 valence electrons. The van der Waals surface area contributed by atoms with Crippen LogP contribution in [0.1, 0.15) is 29.8 Å². The lowest BCUT2D eigenvalue weighted by molar-refractivity contribution is -0.145. The first kappa shape index (κ1) is 27.1. The van der Waals surface area contributed by atoms with Gasteiger partial charge in [0.1, 0.15) is 5.57 Å². The number of amides is 2. The summed E-state index contributed by atoms with van der Waals surface area (Å²) in [5, 5.41) is 11.6. The summed E-state index contributed by atoms with van der Waals surface area (Å²) in [6.45, 7) is 3.67. The van der Waals surface area contributed by atoms with Gasteiger partial charge in [0.25, 0.3) is 11.8 Å². The van der Waals surface area contributed by atoms with Crippen LogP contribution in [-0.4, -0.2) is 53.8 Å². The second-order valence-electron chi connectivity index (χ2n) is 7.17. The van der Waals surface area contributed by atoms with E-state index >= 15 is 0 Å². The molecule has 1 fully saturated rings. The first-order valence-corrected chi connectivity index (χ1v) is 12.1. The number of hydrogen-bond acceptors (Lipinski definition) is 8. The van der Waals surface area contributed by atoms with Crippen LogP contribution in [0, 0.1) is 3.57 Å². The number of esters is 1. The molecule has 0 saturated carbocycles. The van der Waals surface area contributed by atoms with E-state index in [9.17, 15) is 24.3 Å². The van der Waals surface area contributed by atoms with Crippen molar-refractivity contribution in [2.45, 2.75) is 13.8 Å². The van der Waals surface area contributed by atoms with Gasteiger partial charge in [-0.15, -0.1) is 0 Å². The van der Waals surface area contributed by atoms with Crippen LogP contribution in [0.5, 0.6) is 11.5 Å². The standard InChI is InChI=1S/C24H21IN2O8S/c1-3-33-18-10-13(9-17(25)20(18)35-12-19(28)34-4-2)8-16-21(29)26-24(36)27(22(16)30)15-7-5-6-14(11-15)23(31)32/h5-11H,3-4,12H2,1-2H3,(H,31,32)(H,26,29,36). The van der Waals surface area contributed by atoms with E-state index < -0.39 is 23.8 Å². The number of carbonyl (C=O) groups is 4. The summed E-state index contributed by atoms with van der Waals surface area (Å²) in [5.74, 6) is -2.50. The molecule has 1 heterocycles. The van der Waals surface area contributed by atoms with Gasteiger partial charge in [-0.25, -0.2) is 9.59 Å². The molecule has 2 aromatic carbocycles. The topological polar surface area (TPSA) is 131 Å². The average Bonchev–Trinajstić information content (AvgIpc) is 2.81. The first-order chi connectivity index (χ1) is 17.2. The lowest BCUT2D eigenvalue weighted by atomic mass is 10.1. The van der Waals surface area contributed by atoms with Crippen LogP contribution in [0.25, 0.3) is 6.08 Å². The Balaban J connectivity index is 1.98. The normalized spacial score (nSPS) is 14.5. The van der Waals surface area contributed by atoms with E-state index in [-0.39, 0.29) is 35.2 Å². The minimum absolute atomic E-state index is 0.0418. The number of ether oxygens (including phenoxy) is 3. The Hall–Kier alpha value is -3.52. The van der Waals surface area contributed by atoms with Crippen LogP contribution >= 0.6 is 34.8 Å². The molecule has 2 amide bonds. The molecule has 10 nitrogen and oxygen atoms in total. The molecule has 2 N–H and O–H groups in total. The highest BCUT2D eigenvalue weighted by atomic mass is 127. The lowest BCUT2D eigenvalue weighted by Crippen LogP contribution is -2.54. The SMILES string of the molecule is CCOC(=O)COc1c(I)cc(C=C2C(=O)NC(=S)N(c3cccc(C(=O)O)c3)C2=O)cc1OCC. The minimum Gasteiger partial charge on any atom is -0.490 e. The summed E-state index contributed by atoms with van der Waals surface area (Å²) in [6.07, 6.45) is 1.37. The van der Waals surface area contributed by atoms with Crippen LogP contribution in [-0.2, 0) is 19.1 Å². The van der Waals surface area contributed by atoms with Crippen LogP contribution in [0.3, 0.4) is 0 Å². The van der Waals surface area contributed by atoms with Crippen molar-refractivity contribution in [3.63, 3.8) is 0 Å². The number of thiocarbonyl (C=S) groups is 1. The number of benzene rings is 2. The van der Waals surface area contributed by atoms with E-state index in [2.05, 4.69) is 5.32 Å². The molecule has 1 aliphatic heterocycles. The predicted octanol–water partition coefficient (Wildman–Crippen LogP) is 3.16. The molecule has 0 atom stereocenters. The zero-order valence-electron chi connectivity index (χ0n) is 19.2. The number of nitrogens with zero attached hydrogens (tertiary/aromatic N) is 1. The van der Waals surface area contributed by atoms with Gasteiger partial charge in [0.2, 0.25) is 0 Å². The highest BCUT2D eigenvalue weighted by Crippen LogP contribution is 2.35. The molecule has 0 spiro atoms. The second-order valence-corrected chi connectivity index (χ2v) is 8.72. The summed E-state index contributed by atoms with van der Waals surface area (Å²) < 4.78 is 16.7. The zero-order chi connectivity index (χ0) is 26.4. The Bertz CT molecular complexity index is 1280. The zero-order valence-corrected chi connectivity index (χ0v) is 22.2. The number of nitrogens with one attached hydrogen (secondary N) is 1. The van der Waals surface area contributed by atoms with Gasteiger partial charge in [-0.3, -0.25) is 19.8 Å². The number of aromatic carboxylic acids is 1. The van der Waals surface area contributed by atoms with Gasteiger partial charge in [-0.1, -0.05) is 6.07 Å². The number of carboxylic acid groups (broad SMARTS) is 1. The van der Waals surface area contributed by atoms with E-state index in [1.54, 1.807) is 26.0 Å². The van der Waals surface area contributed by atoms with Crippen molar-refractivity contribution in [3.8, 4) is 11.5 Å². The molecule has 1 saturated heterocycles. The number of rotatable bonds is 9. The third kappa shape index (κ3) is 6.18. The van der Waals surface area contributed by atoms with Gasteiger partial charge in [0, 0.05) is 0 Å². The molecule has 0 bridgehead atoms. The van der Waals surface area contributed by atoms with E-state index in [0.29, 0.717) is 27.2 Å². The highest BCUT2D eigenvalue weighted by molar-refractivity contribution is 14.1. The molecule has 1 aliphatic rings. The Morgan fingerprint density at radius 2 is 1.89 bits per heavy atom. The van der Waals surface area contributed by atoms with Crippen molar-refractivity contribution < 1.29 is 38.5 Å². The van der Waals surface area contributed by atoms with Crippen molar-refractivity contribution in [3.05, 3.63) is 56.7 Å². The van der Waals surface area contributed by atoms with Crippen molar-refractivity contribution in [2.24, 2.45) is 0 Å². The predicted molar refractivity (Wildman–Crippen MR) is 142 cm³/mol.